The predicted molar refractivity (Wildman–Crippen MR) is 123 cm³/mol. The zero-order valence-corrected chi connectivity index (χ0v) is 19.3. The van der Waals surface area contributed by atoms with Crippen molar-refractivity contribution in [2.45, 2.75) is 38.3 Å². The van der Waals surface area contributed by atoms with Gasteiger partial charge in [-0.05, 0) is 49.7 Å². The largest absolute Gasteiger partial charge is 0.494 e. The summed E-state index contributed by atoms with van der Waals surface area (Å²) in [7, 11) is 0. The van der Waals surface area contributed by atoms with Crippen molar-refractivity contribution in [3.63, 3.8) is 0 Å². The Hall–Kier alpha value is -2.42. The van der Waals surface area contributed by atoms with Crippen molar-refractivity contribution in [3.05, 3.63) is 64.1 Å². The molecule has 2 aromatic carbocycles. The highest BCUT2D eigenvalue weighted by atomic mass is 79.9. The van der Waals surface area contributed by atoms with Crippen LogP contribution >= 0.6 is 15.9 Å². The predicted octanol–water partition coefficient (Wildman–Crippen LogP) is 3.00. The maximum absolute atomic E-state index is 13.1. The fraction of sp³-hybridized carbons (Fsp3) is 0.391. The van der Waals surface area contributed by atoms with Crippen LogP contribution in [-0.4, -0.2) is 48.3 Å². The molecule has 2 aromatic rings. The van der Waals surface area contributed by atoms with E-state index in [1.807, 2.05) is 62.4 Å². The Balaban J connectivity index is 1.84. The van der Waals surface area contributed by atoms with Crippen LogP contribution in [0.5, 0.6) is 5.75 Å². The van der Waals surface area contributed by atoms with E-state index >= 15 is 0 Å². The zero-order chi connectivity index (χ0) is 22.3. The molecule has 0 saturated heterocycles. The van der Waals surface area contributed by atoms with Gasteiger partial charge in [-0.3, -0.25) is 10.2 Å². The van der Waals surface area contributed by atoms with Gasteiger partial charge in [-0.2, -0.15) is 0 Å². The van der Waals surface area contributed by atoms with Crippen LogP contribution in [-0.2, 0) is 16.0 Å². The summed E-state index contributed by atoms with van der Waals surface area (Å²) in [6.07, 6.45) is 0.973. The maximum atomic E-state index is 13.1. The second kappa shape index (κ2) is 10.7. The number of carbonyl (C=O) groups excluding carboxylic acids is 1. The number of nitrogens with zero attached hydrogens (tertiary/aromatic N) is 1. The number of hydrogen-bond donors (Lipinski definition) is 3. The number of rotatable bonds is 10. The minimum absolute atomic E-state index is 0.0913. The number of halogens is 1. The molecule has 31 heavy (non-hydrogen) atoms. The number of benzene rings is 2. The first kappa shape index (κ1) is 23.2. The van der Waals surface area contributed by atoms with Crippen molar-refractivity contribution in [2.24, 2.45) is 4.99 Å². The molecule has 0 fully saturated rings. The average molecular weight is 490 g/mol. The normalized spacial score (nSPS) is 17.9. The third-order valence-corrected chi connectivity index (χ3v) is 5.55. The number of ether oxygens (including phenoxy) is 2. The lowest BCUT2D eigenvalue weighted by Gasteiger charge is -2.24. The third-order valence-electron chi connectivity index (χ3n) is 4.77. The molecule has 1 atom stereocenters. The molecule has 3 rings (SSSR count). The fourth-order valence-electron chi connectivity index (χ4n) is 3.11. The molecule has 8 heteroatoms. The molecular formula is C23H28BrN3O4. The van der Waals surface area contributed by atoms with Gasteiger partial charge in [0.25, 0.3) is 5.91 Å². The van der Waals surface area contributed by atoms with E-state index in [-0.39, 0.29) is 25.2 Å². The van der Waals surface area contributed by atoms with Crippen LogP contribution in [0, 0.1) is 0 Å². The van der Waals surface area contributed by atoms with Crippen LogP contribution in [0.25, 0.3) is 0 Å². The molecular weight excluding hydrogens is 462 g/mol. The lowest BCUT2D eigenvalue weighted by molar-refractivity contribution is -0.127. The summed E-state index contributed by atoms with van der Waals surface area (Å²) in [5, 5.41) is 8.86. The van der Waals surface area contributed by atoms with Gasteiger partial charge in [0.15, 0.2) is 5.54 Å². The first-order valence-corrected chi connectivity index (χ1v) is 11.1. The number of hydrogen-bond acceptors (Lipinski definition) is 6. The van der Waals surface area contributed by atoms with E-state index < -0.39 is 5.54 Å². The first-order valence-electron chi connectivity index (χ1n) is 10.3. The molecule has 0 aliphatic carbocycles. The molecule has 1 aliphatic heterocycles. The van der Waals surface area contributed by atoms with Crippen LogP contribution in [0.3, 0.4) is 0 Å². The second-order valence-electron chi connectivity index (χ2n) is 7.71. The molecule has 0 bridgehead atoms. The second-order valence-corrected chi connectivity index (χ2v) is 8.56. The number of aliphatic imine (C=N–C) groups is 1. The molecule has 166 valence electrons. The van der Waals surface area contributed by atoms with E-state index in [9.17, 15) is 4.79 Å². The molecule has 0 radical (unpaired) electrons. The highest BCUT2D eigenvalue weighted by Crippen LogP contribution is 2.30. The van der Waals surface area contributed by atoms with Crippen LogP contribution in [0.4, 0.5) is 0 Å². The van der Waals surface area contributed by atoms with Crippen molar-refractivity contribution >= 4 is 27.7 Å². The molecule has 1 amide bonds. The Morgan fingerprint density at radius 2 is 2.00 bits per heavy atom. The Kier molecular flexibility index (Phi) is 8.06. The third kappa shape index (κ3) is 6.06. The zero-order valence-electron chi connectivity index (χ0n) is 17.7. The number of hydrazine groups is 1. The Bertz CT molecular complexity index is 917. The number of aliphatic hydroxyl groups is 1. The fourth-order valence-corrected chi connectivity index (χ4v) is 3.54. The highest BCUT2D eigenvalue weighted by molar-refractivity contribution is 9.10. The summed E-state index contributed by atoms with van der Waals surface area (Å²) >= 11 is 3.57. The molecule has 0 spiro atoms. The van der Waals surface area contributed by atoms with Gasteiger partial charge in [-0.15, -0.1) is 0 Å². The van der Waals surface area contributed by atoms with E-state index in [0.717, 1.165) is 15.6 Å². The van der Waals surface area contributed by atoms with E-state index in [1.54, 1.807) is 0 Å². The first-order chi connectivity index (χ1) is 14.9. The number of nitrogens with one attached hydrogen (secondary N) is 2. The van der Waals surface area contributed by atoms with E-state index in [2.05, 4.69) is 26.8 Å². The summed E-state index contributed by atoms with van der Waals surface area (Å²) in [5.41, 5.74) is 6.41. The summed E-state index contributed by atoms with van der Waals surface area (Å²) in [4.78, 5) is 17.9. The summed E-state index contributed by atoms with van der Waals surface area (Å²) in [5.74, 6) is 0.888. The van der Waals surface area contributed by atoms with E-state index in [4.69, 9.17) is 19.6 Å². The standard InChI is InChI=1S/C23H28BrN3O4/c1-16(2)26-27-22(29)23(14-18-6-3-4-7-20(18)24)15-31-21(25-23)17-8-10-19(11-9-17)30-13-5-12-28/h3-4,6-11,16,26,28H,5,12-15H2,1-2H3,(H,27,29)/t23-/m0/s1. The molecule has 3 N–H and O–H groups in total. The maximum Gasteiger partial charge on any atom is 0.266 e. The lowest BCUT2D eigenvalue weighted by Crippen LogP contribution is -2.54. The van der Waals surface area contributed by atoms with E-state index in [0.29, 0.717) is 31.1 Å². The van der Waals surface area contributed by atoms with Gasteiger partial charge in [0, 0.05) is 35.5 Å². The van der Waals surface area contributed by atoms with Crippen LogP contribution in [0.15, 0.2) is 58.0 Å². The number of amides is 1. The molecule has 7 nitrogen and oxygen atoms in total. The molecule has 1 heterocycles. The molecule has 0 aromatic heterocycles. The number of carbonyl (C=O) groups is 1. The number of aliphatic hydroxyl groups excluding tert-OH is 1. The highest BCUT2D eigenvalue weighted by Gasteiger charge is 2.45. The van der Waals surface area contributed by atoms with Gasteiger partial charge < -0.3 is 14.6 Å². The van der Waals surface area contributed by atoms with E-state index in [1.165, 1.54) is 0 Å². The SMILES string of the molecule is CC(C)NNC(=O)[C@]1(Cc2ccccc2Br)COC(c2ccc(OCCCO)cc2)=N1. The summed E-state index contributed by atoms with van der Waals surface area (Å²) in [6.45, 7) is 4.58. The van der Waals surface area contributed by atoms with Gasteiger partial charge in [-0.25, -0.2) is 10.4 Å². The van der Waals surface area contributed by atoms with Crippen molar-refractivity contribution in [1.82, 2.24) is 10.9 Å². The van der Waals surface area contributed by atoms with Crippen molar-refractivity contribution < 1.29 is 19.4 Å². The van der Waals surface area contributed by atoms with Gasteiger partial charge >= 0.3 is 0 Å². The van der Waals surface area contributed by atoms with Crippen LogP contribution < -0.4 is 15.6 Å². The smallest absolute Gasteiger partial charge is 0.266 e. The Labute approximate surface area is 191 Å². The molecule has 0 unspecified atom stereocenters. The van der Waals surface area contributed by atoms with Gasteiger partial charge in [0.2, 0.25) is 5.90 Å². The van der Waals surface area contributed by atoms with Gasteiger partial charge in [0.1, 0.15) is 12.4 Å². The monoisotopic (exact) mass is 489 g/mol. The average Bonchev–Trinajstić information content (AvgIpc) is 3.20. The van der Waals surface area contributed by atoms with Gasteiger partial charge in [0.05, 0.1) is 6.61 Å². The van der Waals surface area contributed by atoms with Crippen LogP contribution in [0.2, 0.25) is 0 Å². The Morgan fingerprint density at radius 1 is 1.26 bits per heavy atom. The topological polar surface area (TPSA) is 92.2 Å². The van der Waals surface area contributed by atoms with Gasteiger partial charge in [-0.1, -0.05) is 34.1 Å². The van der Waals surface area contributed by atoms with Crippen molar-refractivity contribution in [2.75, 3.05) is 19.8 Å². The molecule has 0 saturated carbocycles. The van der Waals surface area contributed by atoms with Crippen LogP contribution in [0.1, 0.15) is 31.4 Å². The van der Waals surface area contributed by atoms with Crippen molar-refractivity contribution in [3.8, 4) is 5.75 Å². The van der Waals surface area contributed by atoms with Crippen molar-refractivity contribution in [1.29, 1.82) is 0 Å². The minimum atomic E-state index is -1.09. The summed E-state index contributed by atoms with van der Waals surface area (Å²) in [6, 6.07) is 15.2. The quantitative estimate of drug-likeness (QED) is 0.352. The molecule has 1 aliphatic rings. The lowest BCUT2D eigenvalue weighted by atomic mass is 9.91. The Morgan fingerprint density at radius 3 is 2.68 bits per heavy atom. The minimum Gasteiger partial charge on any atom is -0.494 e. The summed E-state index contributed by atoms with van der Waals surface area (Å²) < 4.78 is 12.4.